The number of rotatable bonds is 8. The minimum Gasteiger partial charge on any atom is -0.379 e. The topological polar surface area (TPSA) is 84.7 Å². The van der Waals surface area contributed by atoms with Crippen LogP contribution >= 0.6 is 0 Å². The maximum atomic E-state index is 12.7. The molecule has 0 bridgehead atoms. The second kappa shape index (κ2) is 10.8. The van der Waals surface area contributed by atoms with Crippen LogP contribution in [-0.4, -0.2) is 66.7 Å². The number of nitrogens with zero attached hydrogens (tertiary/aromatic N) is 4. The Morgan fingerprint density at radius 2 is 1.76 bits per heavy atom. The standard InChI is InChI=1S/C25H28N4O4S/c1-27(18-23-17-26-28(20-23)19-22-5-3-2-4-6-22)25(30)12-9-21-7-10-24(11-8-21)34(31,32)29-13-15-33-16-14-29/h2-12,17,20H,13-16,18-19H2,1H3/b12-9+. The van der Waals surface area contributed by atoms with Crippen molar-refractivity contribution in [2.45, 2.75) is 18.0 Å². The summed E-state index contributed by atoms with van der Waals surface area (Å²) in [4.78, 5) is 14.4. The molecule has 178 valence electrons. The van der Waals surface area contributed by atoms with Crippen LogP contribution in [0.25, 0.3) is 6.08 Å². The molecule has 1 aliphatic rings. The van der Waals surface area contributed by atoms with Gasteiger partial charge in [0.15, 0.2) is 0 Å². The number of amides is 1. The summed E-state index contributed by atoms with van der Waals surface area (Å²) in [6.45, 7) is 2.64. The third kappa shape index (κ3) is 5.99. The Balaban J connectivity index is 1.32. The van der Waals surface area contributed by atoms with Crippen LogP contribution in [0, 0.1) is 0 Å². The van der Waals surface area contributed by atoms with Crippen molar-refractivity contribution in [1.29, 1.82) is 0 Å². The summed E-state index contributed by atoms with van der Waals surface area (Å²) in [7, 11) is -1.79. The Morgan fingerprint density at radius 1 is 1.06 bits per heavy atom. The van der Waals surface area contributed by atoms with E-state index in [-0.39, 0.29) is 10.8 Å². The molecule has 2 heterocycles. The van der Waals surface area contributed by atoms with Crippen LogP contribution in [-0.2, 0) is 32.6 Å². The van der Waals surface area contributed by atoms with Gasteiger partial charge in [0.1, 0.15) is 0 Å². The highest BCUT2D eigenvalue weighted by atomic mass is 32.2. The fraction of sp³-hybridized carbons (Fsp3) is 0.280. The Labute approximate surface area is 200 Å². The van der Waals surface area contributed by atoms with Crippen LogP contribution < -0.4 is 0 Å². The largest absolute Gasteiger partial charge is 0.379 e. The van der Waals surface area contributed by atoms with Crippen molar-refractivity contribution < 1.29 is 17.9 Å². The molecule has 2 aromatic carbocycles. The van der Waals surface area contributed by atoms with E-state index in [2.05, 4.69) is 5.10 Å². The lowest BCUT2D eigenvalue weighted by molar-refractivity contribution is -0.125. The molecule has 1 saturated heterocycles. The first-order valence-electron chi connectivity index (χ1n) is 11.1. The van der Waals surface area contributed by atoms with Gasteiger partial charge in [-0.1, -0.05) is 42.5 Å². The van der Waals surface area contributed by atoms with Gasteiger partial charge < -0.3 is 9.64 Å². The zero-order valence-corrected chi connectivity index (χ0v) is 19.9. The molecule has 34 heavy (non-hydrogen) atoms. The van der Waals surface area contributed by atoms with Gasteiger partial charge in [-0.15, -0.1) is 0 Å². The third-order valence-electron chi connectivity index (χ3n) is 5.58. The van der Waals surface area contributed by atoms with Gasteiger partial charge in [0.05, 0.1) is 30.9 Å². The number of sulfonamides is 1. The van der Waals surface area contributed by atoms with Gasteiger partial charge in [0.2, 0.25) is 15.9 Å². The highest BCUT2D eigenvalue weighted by molar-refractivity contribution is 7.89. The fourth-order valence-corrected chi connectivity index (χ4v) is 5.09. The van der Waals surface area contributed by atoms with E-state index in [4.69, 9.17) is 4.74 Å². The predicted octanol–water partition coefficient (Wildman–Crippen LogP) is 2.62. The van der Waals surface area contributed by atoms with E-state index in [1.807, 2.05) is 41.2 Å². The lowest BCUT2D eigenvalue weighted by Crippen LogP contribution is -2.40. The number of aromatic nitrogens is 2. The smallest absolute Gasteiger partial charge is 0.246 e. The van der Waals surface area contributed by atoms with E-state index in [9.17, 15) is 13.2 Å². The van der Waals surface area contributed by atoms with Crippen molar-refractivity contribution in [1.82, 2.24) is 19.0 Å². The number of likely N-dealkylation sites (N-methyl/N-ethyl adjacent to an activating group) is 1. The zero-order valence-electron chi connectivity index (χ0n) is 19.1. The van der Waals surface area contributed by atoms with E-state index in [0.29, 0.717) is 39.4 Å². The van der Waals surface area contributed by atoms with E-state index in [1.54, 1.807) is 48.5 Å². The predicted molar refractivity (Wildman–Crippen MR) is 129 cm³/mol. The van der Waals surface area contributed by atoms with Gasteiger partial charge in [-0.2, -0.15) is 9.40 Å². The van der Waals surface area contributed by atoms with Gasteiger partial charge in [0.25, 0.3) is 0 Å². The highest BCUT2D eigenvalue weighted by Crippen LogP contribution is 2.18. The first kappa shape index (κ1) is 23.9. The Morgan fingerprint density at radius 3 is 2.47 bits per heavy atom. The van der Waals surface area contributed by atoms with Crippen molar-refractivity contribution in [2.24, 2.45) is 0 Å². The molecule has 3 aromatic rings. The van der Waals surface area contributed by atoms with Crippen LogP contribution in [0.2, 0.25) is 0 Å². The molecule has 4 rings (SSSR count). The van der Waals surface area contributed by atoms with Gasteiger partial charge in [0, 0.05) is 44.5 Å². The van der Waals surface area contributed by atoms with Gasteiger partial charge in [-0.3, -0.25) is 9.48 Å². The molecular formula is C25H28N4O4S. The summed E-state index contributed by atoms with van der Waals surface area (Å²) < 4.78 is 33.9. The average Bonchev–Trinajstić information content (AvgIpc) is 3.30. The number of carbonyl (C=O) groups excluding carboxylic acids is 1. The van der Waals surface area contributed by atoms with Crippen molar-refractivity contribution >= 4 is 22.0 Å². The number of hydrogen-bond acceptors (Lipinski definition) is 5. The first-order valence-corrected chi connectivity index (χ1v) is 12.5. The molecule has 9 heteroatoms. The van der Waals surface area contributed by atoms with E-state index in [0.717, 1.165) is 16.7 Å². The van der Waals surface area contributed by atoms with Crippen molar-refractivity contribution in [3.8, 4) is 0 Å². The second-order valence-corrected chi connectivity index (χ2v) is 10.1. The SMILES string of the molecule is CN(Cc1cnn(Cc2ccccc2)c1)C(=O)/C=C/c1ccc(S(=O)(=O)N2CCOCC2)cc1. The molecule has 0 spiro atoms. The fourth-order valence-electron chi connectivity index (χ4n) is 3.68. The molecule has 0 N–H and O–H groups in total. The molecule has 1 fully saturated rings. The zero-order chi connectivity index (χ0) is 24.0. The Kier molecular flexibility index (Phi) is 7.56. The van der Waals surface area contributed by atoms with Crippen LogP contribution in [0.3, 0.4) is 0 Å². The molecule has 0 atom stereocenters. The van der Waals surface area contributed by atoms with Crippen LogP contribution in [0.4, 0.5) is 0 Å². The minimum absolute atomic E-state index is 0.152. The molecular weight excluding hydrogens is 452 g/mol. The normalized spacial score (nSPS) is 15.0. The van der Waals surface area contributed by atoms with E-state index >= 15 is 0 Å². The summed E-state index contributed by atoms with van der Waals surface area (Å²) in [6.07, 6.45) is 6.88. The summed E-state index contributed by atoms with van der Waals surface area (Å²) in [5.74, 6) is -0.152. The summed E-state index contributed by atoms with van der Waals surface area (Å²) in [6, 6.07) is 16.6. The quantitative estimate of drug-likeness (QED) is 0.463. The highest BCUT2D eigenvalue weighted by Gasteiger charge is 2.25. The maximum Gasteiger partial charge on any atom is 0.246 e. The molecule has 1 aliphatic heterocycles. The van der Waals surface area contributed by atoms with Gasteiger partial charge >= 0.3 is 0 Å². The molecule has 0 radical (unpaired) electrons. The van der Waals surface area contributed by atoms with Gasteiger partial charge in [-0.05, 0) is 29.3 Å². The lowest BCUT2D eigenvalue weighted by Gasteiger charge is -2.26. The van der Waals surface area contributed by atoms with Crippen LogP contribution in [0.15, 0.2) is 78.0 Å². The number of carbonyl (C=O) groups is 1. The number of hydrogen-bond donors (Lipinski definition) is 0. The molecule has 8 nitrogen and oxygen atoms in total. The second-order valence-electron chi connectivity index (χ2n) is 8.14. The third-order valence-corrected chi connectivity index (χ3v) is 7.49. The first-order chi connectivity index (χ1) is 16.4. The lowest BCUT2D eigenvalue weighted by atomic mass is 10.2. The van der Waals surface area contributed by atoms with E-state index < -0.39 is 10.0 Å². The maximum absolute atomic E-state index is 12.7. The van der Waals surface area contributed by atoms with Gasteiger partial charge in [-0.25, -0.2) is 8.42 Å². The monoisotopic (exact) mass is 480 g/mol. The van der Waals surface area contributed by atoms with Crippen LogP contribution in [0.1, 0.15) is 16.7 Å². The number of benzene rings is 2. The number of morpholine rings is 1. The van der Waals surface area contributed by atoms with Crippen molar-refractivity contribution in [2.75, 3.05) is 33.4 Å². The Hall–Kier alpha value is -3.27. The summed E-state index contributed by atoms with van der Waals surface area (Å²) in [5.41, 5.74) is 2.85. The molecule has 0 aliphatic carbocycles. The molecule has 1 aromatic heterocycles. The molecule has 0 unspecified atom stereocenters. The van der Waals surface area contributed by atoms with E-state index in [1.165, 1.54) is 10.4 Å². The minimum atomic E-state index is -3.53. The summed E-state index contributed by atoms with van der Waals surface area (Å²) >= 11 is 0. The van der Waals surface area contributed by atoms with Crippen molar-refractivity contribution in [3.05, 3.63) is 89.8 Å². The number of ether oxygens (including phenoxy) is 1. The summed E-state index contributed by atoms with van der Waals surface area (Å²) in [5, 5.41) is 4.38. The molecule has 1 amide bonds. The Bertz CT molecular complexity index is 1230. The van der Waals surface area contributed by atoms with Crippen LogP contribution in [0.5, 0.6) is 0 Å². The van der Waals surface area contributed by atoms with Crippen molar-refractivity contribution in [3.63, 3.8) is 0 Å². The average molecular weight is 481 g/mol. The molecule has 0 saturated carbocycles.